The van der Waals surface area contributed by atoms with Crippen LogP contribution in [0.5, 0.6) is 0 Å². The summed E-state index contributed by atoms with van der Waals surface area (Å²) >= 11 is 0. The molecule has 2 amide bonds. The number of sulfonamides is 1. The summed E-state index contributed by atoms with van der Waals surface area (Å²) < 4.78 is 67.2. The van der Waals surface area contributed by atoms with Crippen molar-refractivity contribution in [2.75, 3.05) is 10.0 Å². The van der Waals surface area contributed by atoms with Crippen molar-refractivity contribution in [3.05, 3.63) is 162 Å². The van der Waals surface area contributed by atoms with Gasteiger partial charge in [0, 0.05) is 17.8 Å². The van der Waals surface area contributed by atoms with Crippen molar-refractivity contribution in [2.45, 2.75) is 29.5 Å². The molecule has 7 nitrogen and oxygen atoms in total. The van der Waals surface area contributed by atoms with Gasteiger partial charge in [-0.1, -0.05) is 97.1 Å². The molecule has 0 aliphatic rings. The maximum absolute atomic E-state index is 13.9. The van der Waals surface area contributed by atoms with Crippen molar-refractivity contribution in [1.82, 2.24) is 5.32 Å². The molecule has 5 aromatic carbocycles. The summed E-state index contributed by atoms with van der Waals surface area (Å²) in [6, 6.07) is 35.7. The Morgan fingerprint density at radius 1 is 0.638 bits per heavy atom. The fourth-order valence-electron chi connectivity index (χ4n) is 5.02. The van der Waals surface area contributed by atoms with Crippen molar-refractivity contribution in [1.29, 1.82) is 0 Å². The van der Waals surface area contributed by atoms with Crippen LogP contribution >= 0.6 is 0 Å². The Bertz CT molecular complexity index is 1880. The number of carbonyl (C=O) groups excluding carboxylic acids is 2. The summed E-state index contributed by atoms with van der Waals surface area (Å²) in [5.74, 6) is -1.59. The number of alkyl halides is 3. The van der Waals surface area contributed by atoms with E-state index in [1.165, 1.54) is 30.3 Å². The van der Waals surface area contributed by atoms with Crippen molar-refractivity contribution in [3.8, 4) is 0 Å². The molecule has 0 heterocycles. The van der Waals surface area contributed by atoms with Crippen LogP contribution in [0.3, 0.4) is 0 Å². The molecule has 3 N–H and O–H groups in total. The molecular formula is C36H30F3N3O4S. The summed E-state index contributed by atoms with van der Waals surface area (Å²) in [7, 11) is -4.24. The third kappa shape index (κ3) is 8.65. The topological polar surface area (TPSA) is 104 Å². The number of carbonyl (C=O) groups is 2. The summed E-state index contributed by atoms with van der Waals surface area (Å²) in [5, 5.41) is 5.67. The molecule has 0 radical (unpaired) electrons. The zero-order chi connectivity index (χ0) is 33.4. The Balaban J connectivity index is 1.34. The minimum atomic E-state index is -4.64. The largest absolute Gasteiger partial charge is 0.416 e. The molecule has 0 bridgehead atoms. The normalized spacial score (nSPS) is 12.3. The van der Waals surface area contributed by atoms with Crippen LogP contribution in [0, 0.1) is 0 Å². The Hall–Kier alpha value is -5.42. The van der Waals surface area contributed by atoms with Gasteiger partial charge in [0.2, 0.25) is 11.8 Å². The third-order valence-corrected chi connectivity index (χ3v) is 8.72. The molecule has 5 aromatic rings. The highest BCUT2D eigenvalue weighted by molar-refractivity contribution is 7.92. The molecule has 47 heavy (non-hydrogen) atoms. The predicted octanol–water partition coefficient (Wildman–Crippen LogP) is 7.00. The van der Waals surface area contributed by atoms with Crippen LogP contribution in [0.25, 0.3) is 0 Å². The van der Waals surface area contributed by atoms with Crippen molar-refractivity contribution >= 4 is 33.2 Å². The lowest BCUT2D eigenvalue weighted by atomic mass is 9.90. The number of amides is 2. The summed E-state index contributed by atoms with van der Waals surface area (Å²) in [4.78, 5) is 27.3. The zero-order valence-corrected chi connectivity index (χ0v) is 25.6. The van der Waals surface area contributed by atoms with E-state index in [9.17, 15) is 31.2 Å². The molecule has 240 valence electrons. The standard InChI is InChI=1S/C36H30F3N3O4S/c37-36(38,39)28-17-10-18-30(24-28)42-47(45,46)31-21-19-29(20-22-31)40-34(43)32(23-25-11-4-1-5-12-25)41-35(44)33(26-13-6-2-7-14-26)27-15-8-3-9-16-27/h1-22,24,32-33,42H,23H2,(H,40,43)(H,41,44)/t32-/m1/s1. The fraction of sp³-hybridized carbons (Fsp3) is 0.111. The number of anilines is 2. The number of halogens is 3. The highest BCUT2D eigenvalue weighted by Crippen LogP contribution is 2.31. The third-order valence-electron chi connectivity index (χ3n) is 7.32. The molecule has 0 aliphatic heterocycles. The second-order valence-corrected chi connectivity index (χ2v) is 12.4. The van der Waals surface area contributed by atoms with E-state index >= 15 is 0 Å². The van der Waals surface area contributed by atoms with Crippen LogP contribution in [-0.2, 0) is 32.2 Å². The van der Waals surface area contributed by atoms with Gasteiger partial charge >= 0.3 is 6.18 Å². The van der Waals surface area contributed by atoms with E-state index in [4.69, 9.17) is 0 Å². The van der Waals surface area contributed by atoms with E-state index in [2.05, 4.69) is 15.4 Å². The van der Waals surface area contributed by atoms with Crippen molar-refractivity contribution in [3.63, 3.8) is 0 Å². The second kappa shape index (κ2) is 14.3. The lowest BCUT2D eigenvalue weighted by Gasteiger charge is -2.23. The average molecular weight is 658 g/mol. The van der Waals surface area contributed by atoms with Crippen LogP contribution < -0.4 is 15.4 Å². The maximum atomic E-state index is 13.9. The van der Waals surface area contributed by atoms with Gasteiger partial charge in [-0.25, -0.2) is 8.42 Å². The minimum Gasteiger partial charge on any atom is -0.343 e. The van der Waals surface area contributed by atoms with Crippen LogP contribution in [0.1, 0.15) is 28.2 Å². The Kier molecular flexibility index (Phi) is 10.1. The summed E-state index contributed by atoms with van der Waals surface area (Å²) in [5.41, 5.74) is 1.33. The first-order valence-electron chi connectivity index (χ1n) is 14.5. The first-order valence-corrected chi connectivity index (χ1v) is 16.0. The lowest BCUT2D eigenvalue weighted by Crippen LogP contribution is -2.47. The second-order valence-electron chi connectivity index (χ2n) is 10.7. The number of nitrogens with one attached hydrogen (secondary N) is 3. The molecule has 0 aromatic heterocycles. The number of hydrogen-bond acceptors (Lipinski definition) is 4. The zero-order valence-electron chi connectivity index (χ0n) is 24.8. The first-order chi connectivity index (χ1) is 22.5. The van der Waals surface area contributed by atoms with Gasteiger partial charge in [-0.05, 0) is 59.2 Å². The van der Waals surface area contributed by atoms with Gasteiger partial charge in [0.25, 0.3) is 10.0 Å². The molecular weight excluding hydrogens is 627 g/mol. The molecule has 0 fully saturated rings. The van der Waals surface area contributed by atoms with E-state index in [1.807, 2.05) is 91.0 Å². The molecule has 11 heteroatoms. The number of benzene rings is 5. The van der Waals surface area contributed by atoms with Gasteiger partial charge in [-0.3, -0.25) is 14.3 Å². The van der Waals surface area contributed by atoms with E-state index in [0.29, 0.717) is 6.07 Å². The van der Waals surface area contributed by atoms with Gasteiger partial charge < -0.3 is 10.6 Å². The SMILES string of the molecule is O=C(N[C@H](Cc1ccccc1)C(=O)Nc1ccc(S(=O)(=O)Nc2cccc(C(F)(F)F)c2)cc1)C(c1ccccc1)c1ccccc1. The smallest absolute Gasteiger partial charge is 0.343 e. The van der Waals surface area contributed by atoms with Gasteiger partial charge in [0.05, 0.1) is 16.4 Å². The van der Waals surface area contributed by atoms with E-state index in [-0.39, 0.29) is 28.6 Å². The number of hydrogen-bond donors (Lipinski definition) is 3. The van der Waals surface area contributed by atoms with E-state index in [1.54, 1.807) is 0 Å². The van der Waals surface area contributed by atoms with Gasteiger partial charge in [-0.2, -0.15) is 13.2 Å². The van der Waals surface area contributed by atoms with Crippen molar-refractivity contribution < 1.29 is 31.2 Å². The minimum absolute atomic E-state index is 0.183. The van der Waals surface area contributed by atoms with E-state index in [0.717, 1.165) is 28.8 Å². The highest BCUT2D eigenvalue weighted by Gasteiger charge is 2.31. The van der Waals surface area contributed by atoms with Crippen LogP contribution in [0.15, 0.2) is 144 Å². The molecule has 0 unspecified atom stereocenters. The monoisotopic (exact) mass is 657 g/mol. The van der Waals surface area contributed by atoms with Gasteiger partial charge in [0.1, 0.15) is 6.04 Å². The lowest BCUT2D eigenvalue weighted by molar-refractivity contribution is -0.137. The molecule has 0 aliphatic carbocycles. The Morgan fingerprint density at radius 2 is 1.19 bits per heavy atom. The van der Waals surface area contributed by atoms with Crippen molar-refractivity contribution in [2.24, 2.45) is 0 Å². The highest BCUT2D eigenvalue weighted by atomic mass is 32.2. The number of rotatable bonds is 11. The maximum Gasteiger partial charge on any atom is 0.416 e. The van der Waals surface area contributed by atoms with Crippen LogP contribution in [-0.4, -0.2) is 26.3 Å². The quantitative estimate of drug-likeness (QED) is 0.142. The summed E-state index contributed by atoms with van der Waals surface area (Å²) in [6.07, 6.45) is -4.45. The van der Waals surface area contributed by atoms with Crippen LogP contribution in [0.2, 0.25) is 0 Å². The Labute approximate surface area is 270 Å². The summed E-state index contributed by atoms with van der Waals surface area (Å²) in [6.45, 7) is 0. The van der Waals surface area contributed by atoms with Gasteiger partial charge in [-0.15, -0.1) is 0 Å². The fourth-order valence-corrected chi connectivity index (χ4v) is 6.07. The predicted molar refractivity (Wildman–Crippen MR) is 174 cm³/mol. The Morgan fingerprint density at radius 3 is 1.74 bits per heavy atom. The molecule has 0 spiro atoms. The van der Waals surface area contributed by atoms with Gasteiger partial charge in [0.15, 0.2) is 0 Å². The molecule has 0 saturated carbocycles. The molecule has 5 rings (SSSR count). The first kappa shape index (κ1) is 33.0. The van der Waals surface area contributed by atoms with Crippen LogP contribution in [0.4, 0.5) is 24.5 Å². The van der Waals surface area contributed by atoms with E-state index < -0.39 is 39.6 Å². The molecule has 1 atom stereocenters. The average Bonchev–Trinajstić information content (AvgIpc) is 3.06. The molecule has 0 saturated heterocycles.